The van der Waals surface area contributed by atoms with Crippen molar-refractivity contribution in [2.75, 3.05) is 112 Å². The minimum atomic E-state index is -3.54. The lowest BCUT2D eigenvalue weighted by Crippen LogP contribution is -2.44. The minimum Gasteiger partial charge on any atom is -0.352 e. The first-order valence-corrected chi connectivity index (χ1v) is 48.8. The minimum absolute atomic E-state index is 0.225. The first-order valence-electron chi connectivity index (χ1n) is 40.9. The van der Waals surface area contributed by atoms with Gasteiger partial charge in [-0.3, -0.25) is 18.7 Å². The van der Waals surface area contributed by atoms with Gasteiger partial charge < -0.3 is 52.8 Å². The van der Waals surface area contributed by atoms with E-state index in [0.717, 1.165) is 205 Å². The quantitative estimate of drug-likeness (QED) is 0.0276. The zero-order valence-electron chi connectivity index (χ0n) is 71.2. The molecule has 126 heavy (non-hydrogen) atoms. The molecule has 5 aliphatic rings. The van der Waals surface area contributed by atoms with E-state index >= 15 is 0 Å². The Kier molecular flexibility index (Phi) is 24.4. The van der Waals surface area contributed by atoms with Crippen molar-refractivity contribution in [1.82, 2.24) is 131 Å². The Hall–Kier alpha value is -10.9. The van der Waals surface area contributed by atoms with E-state index in [2.05, 4.69) is 109 Å². The topological polar surface area (TPSA) is 409 Å². The van der Waals surface area contributed by atoms with Crippen LogP contribution < -0.4 is 52.8 Å². The van der Waals surface area contributed by atoms with Crippen LogP contribution in [0, 0.1) is 27.7 Å². The maximum atomic E-state index is 12.8. The van der Waals surface area contributed by atoms with E-state index in [4.69, 9.17) is 25.7 Å². The number of aromatic nitrogens is 22. The number of aryl methyl sites for hydroxylation is 8. The maximum Gasteiger partial charge on any atom is 0.252 e. The molecule has 38 nitrogen and oxygen atoms in total. The molecule has 9 N–H and O–H groups in total. The number of hydrogen-bond donors (Lipinski definition) is 8. The molecule has 5 fully saturated rings. The lowest BCUT2D eigenvalue weighted by Gasteiger charge is -2.29. The Morgan fingerprint density at radius 3 is 1.20 bits per heavy atom. The van der Waals surface area contributed by atoms with Crippen molar-refractivity contribution in [2.24, 2.45) is 33.9 Å². The lowest BCUT2D eigenvalue weighted by atomic mass is 10.2. The van der Waals surface area contributed by atoms with Gasteiger partial charge in [0, 0.05) is 218 Å². The molecule has 658 valence electrons. The number of rotatable bonds is 23. The molecule has 5 atom stereocenters. The summed E-state index contributed by atoms with van der Waals surface area (Å²) in [5, 5.41) is 66.3. The summed E-state index contributed by atoms with van der Waals surface area (Å²) in [6, 6.07) is 17.0. The van der Waals surface area contributed by atoms with E-state index in [1.807, 2.05) is 167 Å². The first-order chi connectivity index (χ1) is 60.7. The number of hydrogen-bond acceptors (Lipinski definition) is 34. The molecule has 5 aliphatic heterocycles. The third-order valence-electron chi connectivity index (χ3n) is 22.2. The molecule has 46 heteroatoms. The van der Waals surface area contributed by atoms with E-state index in [1.165, 1.54) is 68.4 Å². The summed E-state index contributed by atoms with van der Waals surface area (Å²) in [4.78, 5) is 24.5. The number of thioether (sulfide) groups is 2. The van der Waals surface area contributed by atoms with Crippen molar-refractivity contribution in [3.63, 3.8) is 0 Å². The van der Waals surface area contributed by atoms with Crippen molar-refractivity contribution in [3.05, 3.63) is 145 Å². The molecule has 0 aromatic carbocycles. The predicted molar refractivity (Wildman–Crippen MR) is 499 cm³/mol. The fourth-order valence-corrected chi connectivity index (χ4v) is 24.9. The normalized spacial score (nSPS) is 17.7. The van der Waals surface area contributed by atoms with Gasteiger partial charge in [0.2, 0.25) is 0 Å². The van der Waals surface area contributed by atoms with Crippen LogP contribution in [0.4, 0.5) is 54.9 Å². The Bertz CT molecular complexity index is 6500. The number of nitrogens with one attached hydrogen (secondary N) is 7. The molecule has 0 saturated carbocycles. The molecule has 16 aromatic rings. The fourth-order valence-electron chi connectivity index (χ4n) is 15.9. The average molecular weight is 1850 g/mol. The predicted octanol–water partition coefficient (Wildman–Crippen LogP) is 10.6. The second kappa shape index (κ2) is 35.8. The average Bonchev–Trinajstić information content (AvgIpc) is 1.69. The van der Waals surface area contributed by atoms with Gasteiger partial charge in [0.15, 0.2) is 22.6 Å². The molecular weight excluding hydrogens is 1760 g/mol. The number of nitrogens with zero attached hydrogens (tertiary/aromatic N) is 26. The highest BCUT2D eigenvalue weighted by Crippen LogP contribution is 2.42. The molecule has 2 bridgehead atoms. The highest BCUT2D eigenvalue weighted by Gasteiger charge is 2.39. The third kappa shape index (κ3) is 17.9. The van der Waals surface area contributed by atoms with Crippen molar-refractivity contribution >= 4 is 167 Å². The third-order valence-corrected chi connectivity index (χ3v) is 33.3. The maximum absolute atomic E-state index is 12.8. The fraction of sp³-hybridized carbons (Fsp3) is 0.375. The largest absolute Gasteiger partial charge is 0.352 e. The van der Waals surface area contributed by atoms with Crippen LogP contribution in [0.5, 0.6) is 0 Å². The van der Waals surface area contributed by atoms with E-state index in [0.29, 0.717) is 65.1 Å². The molecule has 0 spiro atoms. The molecule has 21 heterocycles. The van der Waals surface area contributed by atoms with Gasteiger partial charge in [-0.15, -0.1) is 46.2 Å². The summed E-state index contributed by atoms with van der Waals surface area (Å²) >= 11 is 8.95. The number of fused-ring (bicyclic) bond motifs is 6. The van der Waals surface area contributed by atoms with E-state index < -0.39 is 20.0 Å². The number of anilines is 10. The molecule has 0 radical (unpaired) electrons. The molecule has 2 unspecified atom stereocenters. The molecule has 16 aromatic heterocycles. The van der Waals surface area contributed by atoms with E-state index in [9.17, 15) is 16.8 Å². The Labute approximate surface area is 751 Å². The smallest absolute Gasteiger partial charge is 0.252 e. The van der Waals surface area contributed by atoms with Crippen LogP contribution in [0.2, 0.25) is 0 Å². The number of sulfonamides is 2. The van der Waals surface area contributed by atoms with Crippen LogP contribution >= 0.6 is 69.3 Å². The number of piperazine rings is 1. The van der Waals surface area contributed by atoms with Gasteiger partial charge in [-0.2, -0.15) is 67.6 Å². The first kappa shape index (κ1) is 85.9. The molecular formula is C80H96N34O4S8. The summed E-state index contributed by atoms with van der Waals surface area (Å²) in [6.07, 6.45) is 27.9. The van der Waals surface area contributed by atoms with Gasteiger partial charge in [-0.1, -0.05) is 0 Å². The van der Waals surface area contributed by atoms with Crippen LogP contribution in [0.1, 0.15) is 54.6 Å². The highest BCUT2D eigenvalue weighted by molar-refractivity contribution is 8.00. The van der Waals surface area contributed by atoms with Crippen molar-refractivity contribution < 1.29 is 16.8 Å². The van der Waals surface area contributed by atoms with Crippen LogP contribution in [0.25, 0.3) is 67.1 Å². The Balaban J connectivity index is 0.000000114. The summed E-state index contributed by atoms with van der Waals surface area (Å²) in [6.45, 7) is 15.1. The summed E-state index contributed by atoms with van der Waals surface area (Å²) < 4.78 is 77.2. The van der Waals surface area contributed by atoms with Crippen LogP contribution in [-0.2, 0) is 48.2 Å². The number of thiophene rings is 2. The van der Waals surface area contributed by atoms with Crippen LogP contribution in [0.3, 0.4) is 0 Å². The van der Waals surface area contributed by atoms with Gasteiger partial charge in [0.05, 0.1) is 71.0 Å². The molecule has 0 aliphatic carbocycles. The zero-order valence-corrected chi connectivity index (χ0v) is 77.8. The summed E-state index contributed by atoms with van der Waals surface area (Å²) in [5.74, 6) is 4.89. The van der Waals surface area contributed by atoms with Crippen molar-refractivity contribution in [3.8, 4) is 44.5 Å². The number of nitrogens with two attached hydrogens (primary N) is 1. The second-order valence-corrected chi connectivity index (χ2v) is 43.0. The Morgan fingerprint density at radius 2 is 0.865 bits per heavy atom. The second-order valence-electron chi connectivity index (χ2n) is 32.0. The molecule has 21 rings (SSSR count). The van der Waals surface area contributed by atoms with Gasteiger partial charge in [-0.25, -0.2) is 45.4 Å². The summed E-state index contributed by atoms with van der Waals surface area (Å²) in [7, 11) is 6.68. The zero-order chi connectivity index (χ0) is 87.6. The molecule has 5 saturated heterocycles. The van der Waals surface area contributed by atoms with Gasteiger partial charge >= 0.3 is 0 Å². The van der Waals surface area contributed by atoms with Gasteiger partial charge in [0.1, 0.15) is 63.4 Å². The lowest BCUT2D eigenvalue weighted by molar-refractivity contribution is 0.521. The standard InChI is InChI=1S/C22H27N9O2S2.C22H29N9O2S2.2C18H20N8S2/c1-13-5-20(34-22(13)35(32,33)28(2)3)26-19-7-18(30-12-15-6-16(30)9-23-15)27-21-17(10-25-31(19)21)14-8-24-29(4)11-14;1-14-8-20(34-22(14)35(32,33)28(2)3)26-19-9-18(30-7-5-6-16(30)10-23)27-21-17(12-25-31(19)21)15-11-24-29(4)13-15;2*1-11-5-17(28-24-11)22-15-6-16(27-13-3-4-19-8-13)23-18-14(9-21-26(15)18)12-7-20-25(2)10-12/h5,7-8,10-11,15-16,23,26H,6,9,12H2,1-4H3;8-9,11-13,16,26H,5-7,10,23H2,1-4H3;2*5-7,9-10,13,19,22H,3-4,8H2,1-2H3/t15-,16-;16-;;/m01../s1. The summed E-state index contributed by atoms with van der Waals surface area (Å²) in [5.41, 5.74) is 20.1. The van der Waals surface area contributed by atoms with Gasteiger partial charge in [-0.05, 0) is 131 Å². The van der Waals surface area contributed by atoms with E-state index in [-0.39, 0.29) is 6.04 Å². The SMILES string of the molecule is Cc1cc(Nc2cc(N3CCC[C@@H]3CN)nc3c(-c4cnn(C)c4)cnn23)sc1S(=O)(=O)N(C)C.Cc1cc(Nc2cc(N3C[C@@H]4C[C@H]3CN4)nc3c(-c4cnn(C)c4)cnn23)sc1S(=O)(=O)N(C)C.Cc1cc(Nc2cc(SC3CCNC3)nc3c(-c4cnn(C)c4)cnn23)sn1.Cc1cc(Nc2cc(SC3CCNC3)nc3c(-c4cnn(C)c4)cnn23)sn1. The van der Waals surface area contributed by atoms with Crippen molar-refractivity contribution in [1.29, 1.82) is 0 Å². The monoisotopic (exact) mass is 1850 g/mol. The Morgan fingerprint density at radius 1 is 0.476 bits per heavy atom. The van der Waals surface area contributed by atoms with Crippen LogP contribution in [-0.4, -0.2) is 241 Å². The highest BCUT2D eigenvalue weighted by atomic mass is 32.3. The van der Waals surface area contributed by atoms with Crippen LogP contribution in [0.15, 0.2) is 141 Å². The van der Waals surface area contributed by atoms with E-state index in [1.54, 1.807) is 73.6 Å². The van der Waals surface area contributed by atoms with Gasteiger partial charge in [0.25, 0.3) is 20.0 Å². The molecule has 0 amide bonds. The van der Waals surface area contributed by atoms with Crippen molar-refractivity contribution in [2.45, 2.75) is 107 Å².